The van der Waals surface area contributed by atoms with Crippen LogP contribution < -0.4 is 15.2 Å². The van der Waals surface area contributed by atoms with Gasteiger partial charge in [-0.25, -0.2) is 0 Å². The molecule has 96 valence electrons. The first-order chi connectivity index (χ1) is 8.80. The van der Waals surface area contributed by atoms with Crippen molar-refractivity contribution in [2.24, 2.45) is 5.73 Å². The predicted molar refractivity (Wildman–Crippen MR) is 65.6 cm³/mol. The zero-order valence-electron chi connectivity index (χ0n) is 10.3. The maximum Gasteiger partial charge on any atom is 0.251 e. The van der Waals surface area contributed by atoms with Crippen molar-refractivity contribution in [3.05, 3.63) is 24.1 Å². The second kappa shape index (κ2) is 5.50. The number of hydrogen-bond acceptors (Lipinski definition) is 6. The van der Waals surface area contributed by atoms with Gasteiger partial charge in [0.2, 0.25) is 5.89 Å². The first-order valence-electron chi connectivity index (χ1n) is 5.54. The summed E-state index contributed by atoms with van der Waals surface area (Å²) < 4.78 is 16.0. The predicted octanol–water partition coefficient (Wildman–Crippen LogP) is 1.25. The molecular formula is C12H15N3O3. The number of nitrogens with two attached hydrogens (primary N) is 1. The second-order valence-corrected chi connectivity index (χ2v) is 3.58. The van der Waals surface area contributed by atoms with Crippen molar-refractivity contribution >= 4 is 0 Å². The van der Waals surface area contributed by atoms with E-state index in [1.165, 1.54) is 0 Å². The van der Waals surface area contributed by atoms with Gasteiger partial charge in [0.15, 0.2) is 11.5 Å². The van der Waals surface area contributed by atoms with Gasteiger partial charge in [-0.1, -0.05) is 6.07 Å². The van der Waals surface area contributed by atoms with E-state index in [9.17, 15) is 0 Å². The van der Waals surface area contributed by atoms with Gasteiger partial charge < -0.3 is 19.6 Å². The maximum absolute atomic E-state index is 5.51. The van der Waals surface area contributed by atoms with Crippen LogP contribution in [0.3, 0.4) is 0 Å². The summed E-state index contributed by atoms with van der Waals surface area (Å²) in [7, 11) is 3.15. The molecule has 18 heavy (non-hydrogen) atoms. The zero-order chi connectivity index (χ0) is 13.0. The van der Waals surface area contributed by atoms with E-state index < -0.39 is 0 Å². The lowest BCUT2D eigenvalue weighted by Gasteiger charge is -2.09. The molecule has 2 rings (SSSR count). The molecule has 0 aliphatic carbocycles. The minimum absolute atomic E-state index is 0.397. The summed E-state index contributed by atoms with van der Waals surface area (Å²) in [5, 5.41) is 7.90. The van der Waals surface area contributed by atoms with Gasteiger partial charge in [-0.15, -0.1) is 10.2 Å². The maximum atomic E-state index is 5.51. The van der Waals surface area contributed by atoms with Gasteiger partial charge in [-0.05, 0) is 12.1 Å². The number of rotatable bonds is 5. The summed E-state index contributed by atoms with van der Waals surface area (Å²) in [6.45, 7) is 0.469. The van der Waals surface area contributed by atoms with E-state index in [0.717, 1.165) is 0 Å². The first kappa shape index (κ1) is 12.4. The molecule has 0 aliphatic heterocycles. The van der Waals surface area contributed by atoms with Crippen molar-refractivity contribution in [1.29, 1.82) is 0 Å². The molecule has 0 unspecified atom stereocenters. The zero-order valence-corrected chi connectivity index (χ0v) is 10.3. The van der Waals surface area contributed by atoms with Gasteiger partial charge in [0.1, 0.15) is 0 Å². The van der Waals surface area contributed by atoms with Crippen LogP contribution >= 0.6 is 0 Å². The molecule has 0 aliphatic rings. The van der Waals surface area contributed by atoms with Crippen LogP contribution in [0.1, 0.15) is 5.89 Å². The van der Waals surface area contributed by atoms with Crippen LogP contribution in [0.5, 0.6) is 11.5 Å². The Morgan fingerprint density at radius 3 is 2.72 bits per heavy atom. The summed E-state index contributed by atoms with van der Waals surface area (Å²) in [6, 6.07) is 5.48. The van der Waals surface area contributed by atoms with E-state index in [1.807, 2.05) is 12.1 Å². The second-order valence-electron chi connectivity index (χ2n) is 3.58. The third-order valence-electron chi connectivity index (χ3n) is 2.46. The molecule has 0 atom stereocenters. The number of benzene rings is 1. The lowest BCUT2D eigenvalue weighted by molar-refractivity contribution is 0.355. The molecule has 1 heterocycles. The van der Waals surface area contributed by atoms with Crippen molar-refractivity contribution in [3.63, 3.8) is 0 Å². The van der Waals surface area contributed by atoms with Crippen molar-refractivity contribution in [1.82, 2.24) is 10.2 Å². The Morgan fingerprint density at radius 1 is 1.22 bits per heavy atom. The Hall–Kier alpha value is -2.08. The van der Waals surface area contributed by atoms with E-state index in [-0.39, 0.29) is 0 Å². The van der Waals surface area contributed by atoms with E-state index >= 15 is 0 Å². The van der Waals surface area contributed by atoms with Crippen molar-refractivity contribution < 1.29 is 13.9 Å². The molecule has 0 saturated heterocycles. The lowest BCUT2D eigenvalue weighted by atomic mass is 10.2. The lowest BCUT2D eigenvalue weighted by Crippen LogP contribution is -2.02. The number of para-hydroxylation sites is 1. The monoisotopic (exact) mass is 249 g/mol. The molecule has 6 nitrogen and oxygen atoms in total. The minimum atomic E-state index is 0.397. The van der Waals surface area contributed by atoms with Crippen molar-refractivity contribution in [2.45, 2.75) is 6.42 Å². The standard InChI is InChI=1S/C12H15N3O3/c1-16-9-5-3-4-8(11(9)17-2)12-15-14-10(18-12)6-7-13/h3-5H,6-7,13H2,1-2H3. The van der Waals surface area contributed by atoms with E-state index in [1.54, 1.807) is 20.3 Å². The Labute approximate surface area is 105 Å². The number of nitrogens with zero attached hydrogens (tertiary/aromatic N) is 2. The van der Waals surface area contributed by atoms with E-state index in [2.05, 4.69) is 10.2 Å². The number of ether oxygens (including phenoxy) is 2. The molecule has 2 N–H and O–H groups in total. The molecule has 0 spiro atoms. The Morgan fingerprint density at radius 2 is 2.06 bits per heavy atom. The molecule has 0 saturated carbocycles. The largest absolute Gasteiger partial charge is 0.493 e. The van der Waals surface area contributed by atoms with Crippen LogP contribution in [-0.4, -0.2) is 31.0 Å². The third-order valence-corrected chi connectivity index (χ3v) is 2.46. The van der Waals surface area contributed by atoms with E-state index in [0.29, 0.717) is 41.8 Å². The molecule has 1 aromatic heterocycles. The van der Waals surface area contributed by atoms with Crippen LogP contribution in [0.4, 0.5) is 0 Å². The van der Waals surface area contributed by atoms with Gasteiger partial charge in [0.25, 0.3) is 5.89 Å². The molecule has 0 fully saturated rings. The Kier molecular flexibility index (Phi) is 3.78. The third kappa shape index (κ3) is 2.28. The van der Waals surface area contributed by atoms with Crippen LogP contribution in [0.2, 0.25) is 0 Å². The summed E-state index contributed by atoms with van der Waals surface area (Å²) in [6.07, 6.45) is 0.555. The summed E-state index contributed by atoms with van der Waals surface area (Å²) in [5.74, 6) is 2.10. The fourth-order valence-electron chi connectivity index (χ4n) is 1.64. The fourth-order valence-corrected chi connectivity index (χ4v) is 1.64. The van der Waals surface area contributed by atoms with Gasteiger partial charge in [-0.3, -0.25) is 0 Å². The van der Waals surface area contributed by atoms with Crippen LogP contribution in [0.15, 0.2) is 22.6 Å². The SMILES string of the molecule is COc1cccc(-c2nnc(CCN)o2)c1OC. The van der Waals surface area contributed by atoms with Gasteiger partial charge in [-0.2, -0.15) is 0 Å². The highest BCUT2D eigenvalue weighted by atomic mass is 16.5. The molecule has 0 bridgehead atoms. The number of methoxy groups -OCH3 is 2. The molecule has 0 amide bonds. The molecule has 2 aromatic rings. The average Bonchev–Trinajstić information content (AvgIpc) is 2.86. The van der Waals surface area contributed by atoms with Crippen LogP contribution in [0.25, 0.3) is 11.5 Å². The van der Waals surface area contributed by atoms with E-state index in [4.69, 9.17) is 19.6 Å². The highest BCUT2D eigenvalue weighted by Crippen LogP contribution is 2.36. The fraction of sp³-hybridized carbons (Fsp3) is 0.333. The molecule has 0 radical (unpaired) electrons. The summed E-state index contributed by atoms with van der Waals surface area (Å²) in [4.78, 5) is 0. The van der Waals surface area contributed by atoms with Gasteiger partial charge in [0.05, 0.1) is 19.8 Å². The highest BCUT2D eigenvalue weighted by Gasteiger charge is 2.16. The topological polar surface area (TPSA) is 83.4 Å². The van der Waals surface area contributed by atoms with Crippen molar-refractivity contribution in [3.8, 4) is 23.0 Å². The number of aromatic nitrogens is 2. The average molecular weight is 249 g/mol. The highest BCUT2D eigenvalue weighted by molar-refractivity contribution is 5.67. The first-order valence-corrected chi connectivity index (χ1v) is 5.54. The summed E-state index contributed by atoms with van der Waals surface area (Å²) >= 11 is 0. The normalized spacial score (nSPS) is 10.4. The molecule has 1 aromatic carbocycles. The molecule has 6 heteroatoms. The van der Waals surface area contributed by atoms with Crippen LogP contribution in [-0.2, 0) is 6.42 Å². The number of hydrogen-bond donors (Lipinski definition) is 1. The summed E-state index contributed by atoms with van der Waals surface area (Å²) in [5.41, 5.74) is 6.14. The van der Waals surface area contributed by atoms with Gasteiger partial charge in [0, 0.05) is 13.0 Å². The molecular weight excluding hydrogens is 234 g/mol. The Balaban J connectivity index is 2.42. The van der Waals surface area contributed by atoms with Gasteiger partial charge >= 0.3 is 0 Å². The smallest absolute Gasteiger partial charge is 0.251 e. The minimum Gasteiger partial charge on any atom is -0.493 e. The quantitative estimate of drug-likeness (QED) is 0.858. The van der Waals surface area contributed by atoms with Crippen LogP contribution in [0, 0.1) is 0 Å². The van der Waals surface area contributed by atoms with Crippen molar-refractivity contribution in [2.75, 3.05) is 20.8 Å². The Bertz CT molecular complexity index is 525.